The molecule has 2 atom stereocenters. The van der Waals surface area contributed by atoms with Crippen LogP contribution in [0.2, 0.25) is 5.15 Å². The summed E-state index contributed by atoms with van der Waals surface area (Å²) in [5.74, 6) is 0.0607. The van der Waals surface area contributed by atoms with Gasteiger partial charge in [0.2, 0.25) is 0 Å². The molecule has 0 radical (unpaired) electrons. The molecule has 2 unspecified atom stereocenters. The first-order chi connectivity index (χ1) is 9.77. The quantitative estimate of drug-likeness (QED) is 0.835. The van der Waals surface area contributed by atoms with Gasteiger partial charge in [0.15, 0.2) is 0 Å². The first-order valence-electron chi connectivity index (χ1n) is 6.82. The van der Waals surface area contributed by atoms with Gasteiger partial charge in [-0.05, 0) is 30.9 Å². The normalized spacial score (nSPS) is 22.9. The second-order valence-corrected chi connectivity index (χ2v) is 5.83. The van der Waals surface area contributed by atoms with Gasteiger partial charge in [0.25, 0.3) is 5.91 Å². The van der Waals surface area contributed by atoms with Crippen LogP contribution in [0, 0.1) is 5.92 Å². The summed E-state index contributed by atoms with van der Waals surface area (Å²) in [6.07, 6.45) is -0.656. The van der Waals surface area contributed by atoms with Crippen LogP contribution in [0.1, 0.15) is 48.7 Å². The third-order valence-electron chi connectivity index (χ3n) is 3.66. The Hall–Kier alpha value is -1.30. The number of carbonyl (C=O) groups is 1. The van der Waals surface area contributed by atoms with Gasteiger partial charge in [-0.25, -0.2) is 4.98 Å². The number of halogens is 4. The molecule has 1 aromatic heterocycles. The number of hydrogen-bond acceptors (Lipinski definition) is 2. The zero-order valence-electron chi connectivity index (χ0n) is 11.5. The molecule has 3 nitrogen and oxygen atoms in total. The van der Waals surface area contributed by atoms with E-state index in [2.05, 4.69) is 17.2 Å². The van der Waals surface area contributed by atoms with Gasteiger partial charge >= 0.3 is 6.18 Å². The Morgan fingerprint density at radius 1 is 1.38 bits per heavy atom. The Morgan fingerprint density at radius 3 is 2.67 bits per heavy atom. The summed E-state index contributed by atoms with van der Waals surface area (Å²) in [6.45, 7) is 2.12. The molecular weight excluding hydrogens is 305 g/mol. The van der Waals surface area contributed by atoms with E-state index in [-0.39, 0.29) is 11.6 Å². The lowest BCUT2D eigenvalue weighted by atomic mass is 9.87. The number of amides is 1. The smallest absolute Gasteiger partial charge is 0.349 e. The molecule has 7 heteroatoms. The number of rotatable bonds is 2. The third-order valence-corrected chi connectivity index (χ3v) is 3.94. The van der Waals surface area contributed by atoms with Gasteiger partial charge < -0.3 is 5.32 Å². The van der Waals surface area contributed by atoms with E-state index in [0.717, 1.165) is 37.8 Å². The fraction of sp³-hybridized carbons (Fsp3) is 0.571. The predicted octanol–water partition coefficient (Wildman–Crippen LogP) is 4.06. The largest absolute Gasteiger partial charge is 0.433 e. The molecule has 1 aromatic rings. The van der Waals surface area contributed by atoms with Crippen molar-refractivity contribution in [2.24, 2.45) is 5.92 Å². The van der Waals surface area contributed by atoms with Crippen molar-refractivity contribution in [1.82, 2.24) is 10.3 Å². The van der Waals surface area contributed by atoms with Crippen molar-refractivity contribution >= 4 is 17.5 Å². The van der Waals surface area contributed by atoms with E-state index in [1.54, 1.807) is 0 Å². The maximum Gasteiger partial charge on any atom is 0.433 e. The topological polar surface area (TPSA) is 42.0 Å². The van der Waals surface area contributed by atoms with Gasteiger partial charge in [0, 0.05) is 6.04 Å². The Bertz CT molecular complexity index is 533. The second-order valence-electron chi connectivity index (χ2n) is 5.47. The molecule has 0 bridgehead atoms. The maximum absolute atomic E-state index is 12.5. The molecule has 1 saturated carbocycles. The molecule has 0 aromatic carbocycles. The number of aromatic nitrogens is 1. The highest BCUT2D eigenvalue weighted by Gasteiger charge is 2.33. The zero-order valence-corrected chi connectivity index (χ0v) is 12.3. The number of hydrogen-bond donors (Lipinski definition) is 1. The summed E-state index contributed by atoms with van der Waals surface area (Å²) in [5.41, 5.74) is -1.13. The number of alkyl halides is 3. The van der Waals surface area contributed by atoms with Crippen LogP contribution < -0.4 is 5.32 Å². The van der Waals surface area contributed by atoms with E-state index in [1.165, 1.54) is 0 Å². The number of pyridine rings is 1. The van der Waals surface area contributed by atoms with E-state index in [1.807, 2.05) is 0 Å². The SMILES string of the molecule is CC1CCCC(NC(=O)c2ccc(C(F)(F)F)nc2Cl)C1. The summed E-state index contributed by atoms with van der Waals surface area (Å²) in [6, 6.07) is 1.88. The summed E-state index contributed by atoms with van der Waals surface area (Å²) in [7, 11) is 0. The fourth-order valence-electron chi connectivity index (χ4n) is 2.59. The molecule has 1 heterocycles. The second kappa shape index (κ2) is 6.22. The lowest BCUT2D eigenvalue weighted by Crippen LogP contribution is -2.38. The Morgan fingerprint density at radius 2 is 2.10 bits per heavy atom. The standard InChI is InChI=1S/C14H16ClF3N2O/c1-8-3-2-4-9(7-8)19-13(21)10-5-6-11(14(16,17)18)20-12(10)15/h5-6,8-9H,2-4,7H2,1H3,(H,19,21). The van der Waals surface area contributed by atoms with Crippen molar-refractivity contribution < 1.29 is 18.0 Å². The van der Waals surface area contributed by atoms with Crippen LogP contribution in [0.25, 0.3) is 0 Å². The van der Waals surface area contributed by atoms with Crippen LogP contribution in [0.5, 0.6) is 0 Å². The molecule has 1 N–H and O–H groups in total. The molecule has 1 amide bonds. The zero-order chi connectivity index (χ0) is 15.6. The highest BCUT2D eigenvalue weighted by Crippen LogP contribution is 2.29. The molecule has 1 aliphatic rings. The highest BCUT2D eigenvalue weighted by molar-refractivity contribution is 6.32. The molecule has 21 heavy (non-hydrogen) atoms. The third kappa shape index (κ3) is 4.09. The van der Waals surface area contributed by atoms with Crippen LogP contribution in [-0.2, 0) is 6.18 Å². The predicted molar refractivity (Wildman–Crippen MR) is 73.1 cm³/mol. The number of carbonyl (C=O) groups excluding carboxylic acids is 1. The summed E-state index contributed by atoms with van der Waals surface area (Å²) < 4.78 is 37.5. The van der Waals surface area contributed by atoms with E-state index in [4.69, 9.17) is 11.6 Å². The van der Waals surface area contributed by atoms with Gasteiger partial charge in [-0.15, -0.1) is 0 Å². The van der Waals surface area contributed by atoms with Gasteiger partial charge in [0.1, 0.15) is 10.8 Å². The van der Waals surface area contributed by atoms with E-state index < -0.39 is 22.9 Å². The van der Waals surface area contributed by atoms with Crippen molar-refractivity contribution in [1.29, 1.82) is 0 Å². The molecule has 0 aliphatic heterocycles. The maximum atomic E-state index is 12.5. The molecule has 0 saturated heterocycles. The Labute approximate surface area is 125 Å². The number of nitrogens with zero attached hydrogens (tertiary/aromatic N) is 1. The van der Waals surface area contributed by atoms with Gasteiger partial charge in [-0.1, -0.05) is 31.4 Å². The van der Waals surface area contributed by atoms with Crippen molar-refractivity contribution in [3.8, 4) is 0 Å². The van der Waals surface area contributed by atoms with Crippen LogP contribution in [0.4, 0.5) is 13.2 Å². The van der Waals surface area contributed by atoms with E-state index in [9.17, 15) is 18.0 Å². The highest BCUT2D eigenvalue weighted by atomic mass is 35.5. The van der Waals surface area contributed by atoms with Crippen molar-refractivity contribution in [2.45, 2.75) is 44.8 Å². The average Bonchev–Trinajstić information content (AvgIpc) is 2.37. The van der Waals surface area contributed by atoms with Crippen LogP contribution in [-0.4, -0.2) is 16.9 Å². The van der Waals surface area contributed by atoms with Crippen LogP contribution >= 0.6 is 11.6 Å². The summed E-state index contributed by atoms with van der Waals surface area (Å²) in [4.78, 5) is 15.3. The Kier molecular flexibility index (Phi) is 4.76. The van der Waals surface area contributed by atoms with Crippen LogP contribution in [0.3, 0.4) is 0 Å². The monoisotopic (exact) mass is 320 g/mol. The van der Waals surface area contributed by atoms with E-state index in [0.29, 0.717) is 5.92 Å². The van der Waals surface area contributed by atoms with Gasteiger partial charge in [0.05, 0.1) is 5.56 Å². The minimum absolute atomic E-state index is 0.0251. The van der Waals surface area contributed by atoms with E-state index >= 15 is 0 Å². The average molecular weight is 321 g/mol. The lowest BCUT2D eigenvalue weighted by molar-refractivity contribution is -0.141. The minimum atomic E-state index is -4.57. The fourth-order valence-corrected chi connectivity index (χ4v) is 2.83. The minimum Gasteiger partial charge on any atom is -0.349 e. The van der Waals surface area contributed by atoms with Gasteiger partial charge in [-0.3, -0.25) is 4.79 Å². The molecule has 1 fully saturated rings. The summed E-state index contributed by atoms with van der Waals surface area (Å²) >= 11 is 5.70. The molecule has 2 rings (SSSR count). The first kappa shape index (κ1) is 16.1. The summed E-state index contributed by atoms with van der Waals surface area (Å²) in [5, 5.41) is 2.40. The van der Waals surface area contributed by atoms with Crippen molar-refractivity contribution in [3.05, 3.63) is 28.5 Å². The lowest BCUT2D eigenvalue weighted by Gasteiger charge is -2.27. The van der Waals surface area contributed by atoms with Crippen LogP contribution in [0.15, 0.2) is 12.1 Å². The first-order valence-corrected chi connectivity index (χ1v) is 7.19. The molecule has 1 aliphatic carbocycles. The number of nitrogens with one attached hydrogen (secondary N) is 1. The molecule has 0 spiro atoms. The molecule has 116 valence electrons. The molecular formula is C14H16ClF3N2O. The van der Waals surface area contributed by atoms with Crippen molar-refractivity contribution in [3.63, 3.8) is 0 Å². The van der Waals surface area contributed by atoms with Gasteiger partial charge in [-0.2, -0.15) is 13.2 Å². The van der Waals surface area contributed by atoms with Crippen molar-refractivity contribution in [2.75, 3.05) is 0 Å². The Balaban J connectivity index is 2.09.